The lowest BCUT2D eigenvalue weighted by atomic mass is 10.3. The van der Waals surface area contributed by atoms with E-state index in [1.807, 2.05) is 6.92 Å². The SMILES string of the molecule is CCCNCCS(=O)(=O)NC(C)c1ccco1. The second-order valence-electron chi connectivity index (χ2n) is 3.92. The second-order valence-corrected chi connectivity index (χ2v) is 5.80. The minimum atomic E-state index is -3.26. The lowest BCUT2D eigenvalue weighted by Gasteiger charge is -2.12. The maximum Gasteiger partial charge on any atom is 0.213 e. The maximum atomic E-state index is 11.7. The molecular weight excluding hydrogens is 240 g/mol. The van der Waals surface area contributed by atoms with Gasteiger partial charge in [0.15, 0.2) is 0 Å². The Kier molecular flexibility index (Phi) is 5.67. The molecule has 1 unspecified atom stereocenters. The molecule has 98 valence electrons. The van der Waals surface area contributed by atoms with Crippen molar-refractivity contribution in [3.8, 4) is 0 Å². The van der Waals surface area contributed by atoms with Crippen LogP contribution < -0.4 is 10.0 Å². The summed E-state index contributed by atoms with van der Waals surface area (Å²) in [5.41, 5.74) is 0. The van der Waals surface area contributed by atoms with Crippen LogP contribution in [0.15, 0.2) is 22.8 Å². The molecule has 1 aromatic heterocycles. The van der Waals surface area contributed by atoms with Gasteiger partial charge in [-0.15, -0.1) is 0 Å². The van der Waals surface area contributed by atoms with Gasteiger partial charge in [-0.05, 0) is 32.0 Å². The topological polar surface area (TPSA) is 71.3 Å². The first-order valence-corrected chi connectivity index (χ1v) is 7.44. The molecule has 0 aliphatic carbocycles. The first-order valence-electron chi connectivity index (χ1n) is 5.79. The molecule has 0 aromatic carbocycles. The number of nitrogens with one attached hydrogen (secondary N) is 2. The highest BCUT2D eigenvalue weighted by Gasteiger charge is 2.16. The highest BCUT2D eigenvalue weighted by Crippen LogP contribution is 2.13. The Hall–Kier alpha value is -0.850. The molecule has 0 amide bonds. The largest absolute Gasteiger partial charge is 0.468 e. The summed E-state index contributed by atoms with van der Waals surface area (Å²) in [6.45, 7) is 5.10. The Bertz CT molecular complexity index is 400. The summed E-state index contributed by atoms with van der Waals surface area (Å²) < 4.78 is 31.1. The van der Waals surface area contributed by atoms with Crippen LogP contribution in [0.25, 0.3) is 0 Å². The zero-order valence-electron chi connectivity index (χ0n) is 10.3. The Balaban J connectivity index is 2.38. The van der Waals surface area contributed by atoms with Gasteiger partial charge in [0.05, 0.1) is 18.1 Å². The molecule has 6 heteroatoms. The third kappa shape index (κ3) is 5.34. The predicted octanol–water partition coefficient (Wildman–Crippen LogP) is 1.26. The van der Waals surface area contributed by atoms with Crippen molar-refractivity contribution >= 4 is 10.0 Å². The molecule has 17 heavy (non-hydrogen) atoms. The van der Waals surface area contributed by atoms with E-state index in [9.17, 15) is 8.42 Å². The van der Waals surface area contributed by atoms with E-state index in [1.54, 1.807) is 19.1 Å². The summed E-state index contributed by atoms with van der Waals surface area (Å²) >= 11 is 0. The number of rotatable bonds is 8. The zero-order valence-corrected chi connectivity index (χ0v) is 11.1. The average Bonchev–Trinajstić information content (AvgIpc) is 2.77. The van der Waals surface area contributed by atoms with Crippen LogP contribution in [0, 0.1) is 0 Å². The van der Waals surface area contributed by atoms with Gasteiger partial charge in [-0.25, -0.2) is 13.1 Å². The number of hydrogen-bond acceptors (Lipinski definition) is 4. The van der Waals surface area contributed by atoms with Gasteiger partial charge in [-0.3, -0.25) is 0 Å². The van der Waals surface area contributed by atoms with E-state index in [0.29, 0.717) is 12.3 Å². The van der Waals surface area contributed by atoms with Crippen LogP contribution in [0.2, 0.25) is 0 Å². The highest BCUT2D eigenvalue weighted by molar-refractivity contribution is 7.89. The highest BCUT2D eigenvalue weighted by atomic mass is 32.2. The average molecular weight is 260 g/mol. The maximum absolute atomic E-state index is 11.7. The quantitative estimate of drug-likeness (QED) is 0.690. The summed E-state index contributed by atoms with van der Waals surface area (Å²) in [6, 6.07) is 3.16. The van der Waals surface area contributed by atoms with E-state index < -0.39 is 10.0 Å². The fourth-order valence-electron chi connectivity index (χ4n) is 1.43. The second kappa shape index (κ2) is 6.78. The van der Waals surface area contributed by atoms with Crippen molar-refractivity contribution in [2.24, 2.45) is 0 Å². The Morgan fingerprint density at radius 3 is 2.76 bits per heavy atom. The minimum Gasteiger partial charge on any atom is -0.468 e. The van der Waals surface area contributed by atoms with E-state index in [4.69, 9.17) is 4.42 Å². The molecule has 0 spiro atoms. The molecule has 1 rings (SSSR count). The van der Waals surface area contributed by atoms with Crippen LogP contribution in [0.4, 0.5) is 0 Å². The number of sulfonamides is 1. The number of hydrogen-bond donors (Lipinski definition) is 2. The van der Waals surface area contributed by atoms with Gasteiger partial charge in [-0.1, -0.05) is 6.92 Å². The summed E-state index contributed by atoms with van der Waals surface area (Å²) in [7, 11) is -3.26. The Labute approximate surface area is 103 Å². The van der Waals surface area contributed by atoms with E-state index in [-0.39, 0.29) is 11.8 Å². The van der Waals surface area contributed by atoms with Gasteiger partial charge in [0.2, 0.25) is 10.0 Å². The summed E-state index contributed by atoms with van der Waals surface area (Å²) in [4.78, 5) is 0. The van der Waals surface area contributed by atoms with Gasteiger partial charge in [0.25, 0.3) is 0 Å². The minimum absolute atomic E-state index is 0.0814. The summed E-state index contributed by atoms with van der Waals surface area (Å²) in [5.74, 6) is 0.702. The predicted molar refractivity (Wildman–Crippen MR) is 67.2 cm³/mol. The number of furan rings is 1. The van der Waals surface area contributed by atoms with Crippen molar-refractivity contribution in [1.82, 2.24) is 10.0 Å². The van der Waals surface area contributed by atoms with E-state index in [0.717, 1.165) is 13.0 Å². The molecule has 0 bridgehead atoms. The monoisotopic (exact) mass is 260 g/mol. The molecule has 0 aliphatic heterocycles. The van der Waals surface area contributed by atoms with Crippen LogP contribution in [0.5, 0.6) is 0 Å². The van der Waals surface area contributed by atoms with Crippen LogP contribution >= 0.6 is 0 Å². The first kappa shape index (κ1) is 14.2. The van der Waals surface area contributed by atoms with Crippen LogP contribution in [0.3, 0.4) is 0 Å². The third-order valence-electron chi connectivity index (χ3n) is 2.30. The van der Waals surface area contributed by atoms with Gasteiger partial charge < -0.3 is 9.73 Å². The van der Waals surface area contributed by atoms with Crippen LogP contribution in [-0.4, -0.2) is 27.3 Å². The molecule has 0 aliphatic rings. The van der Waals surface area contributed by atoms with E-state index in [2.05, 4.69) is 10.0 Å². The van der Waals surface area contributed by atoms with Crippen molar-refractivity contribution < 1.29 is 12.8 Å². The summed E-state index contributed by atoms with van der Waals surface area (Å²) in [5, 5.41) is 3.06. The molecular formula is C11H20N2O3S. The standard InChI is InChI=1S/C11H20N2O3S/c1-3-6-12-7-9-17(14,15)13-10(2)11-5-4-8-16-11/h4-5,8,10,12-13H,3,6-7,9H2,1-2H3. The van der Waals surface area contributed by atoms with Crippen molar-refractivity contribution in [2.75, 3.05) is 18.8 Å². The van der Waals surface area contributed by atoms with Crippen LogP contribution in [0.1, 0.15) is 32.1 Å². The van der Waals surface area contributed by atoms with Crippen molar-refractivity contribution in [2.45, 2.75) is 26.3 Å². The van der Waals surface area contributed by atoms with Gasteiger partial charge >= 0.3 is 0 Å². The molecule has 1 aromatic rings. The molecule has 5 nitrogen and oxygen atoms in total. The molecule has 1 heterocycles. The normalized spacial score (nSPS) is 13.8. The van der Waals surface area contributed by atoms with Crippen molar-refractivity contribution in [3.05, 3.63) is 24.2 Å². The smallest absolute Gasteiger partial charge is 0.213 e. The fraction of sp³-hybridized carbons (Fsp3) is 0.636. The van der Waals surface area contributed by atoms with E-state index >= 15 is 0 Å². The molecule has 1 atom stereocenters. The lowest BCUT2D eigenvalue weighted by Crippen LogP contribution is -2.33. The van der Waals surface area contributed by atoms with Gasteiger partial charge in [0.1, 0.15) is 5.76 Å². The van der Waals surface area contributed by atoms with Gasteiger partial charge in [0, 0.05) is 6.54 Å². The van der Waals surface area contributed by atoms with E-state index in [1.165, 1.54) is 6.26 Å². The van der Waals surface area contributed by atoms with Crippen molar-refractivity contribution in [1.29, 1.82) is 0 Å². The molecule has 2 N–H and O–H groups in total. The molecule has 0 radical (unpaired) electrons. The lowest BCUT2D eigenvalue weighted by molar-refractivity contribution is 0.459. The summed E-state index contributed by atoms with van der Waals surface area (Å²) in [6.07, 6.45) is 2.53. The Morgan fingerprint density at radius 2 is 2.18 bits per heavy atom. The third-order valence-corrected chi connectivity index (χ3v) is 3.75. The Morgan fingerprint density at radius 1 is 1.41 bits per heavy atom. The fourth-order valence-corrected chi connectivity index (χ4v) is 2.62. The van der Waals surface area contributed by atoms with Crippen LogP contribution in [-0.2, 0) is 10.0 Å². The van der Waals surface area contributed by atoms with Gasteiger partial charge in [-0.2, -0.15) is 0 Å². The zero-order chi connectivity index (χ0) is 12.7. The molecule has 0 saturated heterocycles. The van der Waals surface area contributed by atoms with Crippen molar-refractivity contribution in [3.63, 3.8) is 0 Å². The first-order chi connectivity index (χ1) is 8.05. The molecule has 0 saturated carbocycles. The molecule has 0 fully saturated rings.